The van der Waals surface area contributed by atoms with Crippen LogP contribution in [0, 0.1) is 6.92 Å². The number of hydrogen-bond acceptors (Lipinski definition) is 4. The Morgan fingerprint density at radius 3 is 2.44 bits per heavy atom. The lowest BCUT2D eigenvalue weighted by Crippen LogP contribution is -2.25. The van der Waals surface area contributed by atoms with E-state index in [1.807, 2.05) is 24.3 Å². The molecule has 0 aliphatic carbocycles. The predicted octanol–water partition coefficient (Wildman–Crippen LogP) is 2.77. The second-order valence-corrected chi connectivity index (χ2v) is 8.63. The average Bonchev–Trinajstić information content (AvgIpc) is 3.14. The summed E-state index contributed by atoms with van der Waals surface area (Å²) < 4.78 is 27.9. The third kappa shape index (κ3) is 4.74. The van der Waals surface area contributed by atoms with Crippen LogP contribution in [-0.2, 0) is 23.1 Å². The first-order valence-electron chi connectivity index (χ1n) is 8.99. The summed E-state index contributed by atoms with van der Waals surface area (Å²) >= 11 is 0. The first-order chi connectivity index (χ1) is 12.9. The summed E-state index contributed by atoms with van der Waals surface area (Å²) in [5.41, 5.74) is 2.56. The quantitative estimate of drug-likeness (QED) is 0.762. The molecule has 0 radical (unpaired) electrons. The molecule has 7 heteroatoms. The Morgan fingerprint density at radius 2 is 1.78 bits per heavy atom. The van der Waals surface area contributed by atoms with E-state index in [2.05, 4.69) is 9.62 Å². The summed E-state index contributed by atoms with van der Waals surface area (Å²) in [6.45, 7) is 4.76. The molecule has 1 heterocycles. The van der Waals surface area contributed by atoms with Crippen LogP contribution in [-0.4, -0.2) is 37.5 Å². The summed E-state index contributed by atoms with van der Waals surface area (Å²) in [4.78, 5) is 13.6. The van der Waals surface area contributed by atoms with Gasteiger partial charge in [-0.25, -0.2) is 17.9 Å². The van der Waals surface area contributed by atoms with Crippen molar-refractivity contribution in [2.24, 2.45) is 0 Å². The Kier molecular flexibility index (Phi) is 5.94. The standard InChI is InChI=1S/C20H24N2O4S/c1-15-8-9-18(12-19(15)20(23)24)27(25,26)21-13-16-6-2-3-7-17(16)14-22-10-4-5-11-22/h2-3,6-9,12,21H,4-5,10-11,13-14H2,1H3,(H,23,24). The van der Waals surface area contributed by atoms with Gasteiger partial charge in [-0.2, -0.15) is 0 Å². The van der Waals surface area contributed by atoms with E-state index in [-0.39, 0.29) is 17.0 Å². The van der Waals surface area contributed by atoms with Gasteiger partial charge in [-0.3, -0.25) is 4.90 Å². The molecule has 2 N–H and O–H groups in total. The van der Waals surface area contributed by atoms with Gasteiger partial charge in [-0.15, -0.1) is 0 Å². The normalized spacial score (nSPS) is 15.1. The highest BCUT2D eigenvalue weighted by Crippen LogP contribution is 2.19. The van der Waals surface area contributed by atoms with Gasteiger partial charge in [0.1, 0.15) is 0 Å². The van der Waals surface area contributed by atoms with E-state index in [0.29, 0.717) is 5.56 Å². The molecule has 0 bridgehead atoms. The number of carboxylic acids is 1. The molecule has 0 amide bonds. The minimum atomic E-state index is -3.80. The number of benzene rings is 2. The van der Waals surface area contributed by atoms with Crippen LogP contribution in [0.3, 0.4) is 0 Å². The van der Waals surface area contributed by atoms with E-state index >= 15 is 0 Å². The highest BCUT2D eigenvalue weighted by molar-refractivity contribution is 7.89. The maximum absolute atomic E-state index is 12.6. The monoisotopic (exact) mass is 388 g/mol. The SMILES string of the molecule is Cc1ccc(S(=O)(=O)NCc2ccccc2CN2CCCC2)cc1C(=O)O. The Morgan fingerprint density at radius 1 is 1.11 bits per heavy atom. The second-order valence-electron chi connectivity index (χ2n) is 6.86. The summed E-state index contributed by atoms with van der Waals surface area (Å²) in [5, 5.41) is 9.22. The van der Waals surface area contributed by atoms with Crippen molar-refractivity contribution < 1.29 is 18.3 Å². The fourth-order valence-electron chi connectivity index (χ4n) is 3.32. The van der Waals surface area contributed by atoms with Crippen molar-refractivity contribution >= 4 is 16.0 Å². The Bertz CT molecular complexity index is 935. The van der Waals surface area contributed by atoms with Crippen LogP contribution in [0.25, 0.3) is 0 Å². The first kappa shape index (κ1) is 19.5. The van der Waals surface area contributed by atoms with Crippen LogP contribution >= 0.6 is 0 Å². The van der Waals surface area contributed by atoms with E-state index in [9.17, 15) is 18.3 Å². The molecular weight excluding hydrogens is 364 g/mol. The van der Waals surface area contributed by atoms with Crippen molar-refractivity contribution in [1.82, 2.24) is 9.62 Å². The first-order valence-corrected chi connectivity index (χ1v) is 10.5. The van der Waals surface area contributed by atoms with Gasteiger partial charge in [0.25, 0.3) is 0 Å². The maximum Gasteiger partial charge on any atom is 0.335 e. The molecule has 144 valence electrons. The summed E-state index contributed by atoms with van der Waals surface area (Å²) in [6, 6.07) is 12.0. The van der Waals surface area contributed by atoms with Crippen molar-refractivity contribution in [3.05, 3.63) is 64.7 Å². The number of aryl methyl sites for hydroxylation is 1. The fourth-order valence-corrected chi connectivity index (χ4v) is 4.35. The van der Waals surface area contributed by atoms with Crippen LogP contribution in [0.4, 0.5) is 0 Å². The zero-order valence-electron chi connectivity index (χ0n) is 15.3. The number of nitrogens with zero attached hydrogens (tertiary/aromatic N) is 1. The van der Waals surface area contributed by atoms with Crippen molar-refractivity contribution in [2.45, 2.75) is 37.8 Å². The van der Waals surface area contributed by atoms with E-state index < -0.39 is 16.0 Å². The number of rotatable bonds is 7. The van der Waals surface area contributed by atoms with Crippen LogP contribution in [0.5, 0.6) is 0 Å². The number of carbonyl (C=O) groups is 1. The van der Waals surface area contributed by atoms with Crippen LogP contribution in [0.15, 0.2) is 47.4 Å². The van der Waals surface area contributed by atoms with Gasteiger partial charge in [0, 0.05) is 13.1 Å². The summed E-state index contributed by atoms with van der Waals surface area (Å²) in [6.07, 6.45) is 2.41. The number of nitrogens with one attached hydrogen (secondary N) is 1. The topological polar surface area (TPSA) is 86.7 Å². The van der Waals surface area contributed by atoms with E-state index in [0.717, 1.165) is 30.8 Å². The Hall–Kier alpha value is -2.22. The molecular formula is C20H24N2O4S. The molecule has 0 unspecified atom stereocenters. The fraction of sp³-hybridized carbons (Fsp3) is 0.350. The lowest BCUT2D eigenvalue weighted by Gasteiger charge is -2.18. The van der Waals surface area contributed by atoms with Gasteiger partial charge in [0.2, 0.25) is 10.0 Å². The molecule has 1 aliphatic heterocycles. The lowest BCUT2D eigenvalue weighted by molar-refractivity contribution is 0.0696. The lowest BCUT2D eigenvalue weighted by atomic mass is 10.1. The van der Waals surface area contributed by atoms with Crippen LogP contribution in [0.2, 0.25) is 0 Å². The minimum Gasteiger partial charge on any atom is -0.478 e. The largest absolute Gasteiger partial charge is 0.478 e. The van der Waals surface area contributed by atoms with Crippen molar-refractivity contribution in [2.75, 3.05) is 13.1 Å². The van der Waals surface area contributed by atoms with Crippen LogP contribution in [0.1, 0.15) is 39.9 Å². The zero-order valence-corrected chi connectivity index (χ0v) is 16.1. The third-order valence-corrected chi connectivity index (χ3v) is 6.31. The third-order valence-electron chi connectivity index (χ3n) is 4.91. The molecule has 0 saturated carbocycles. The second kappa shape index (κ2) is 8.21. The van der Waals surface area contributed by atoms with Crippen LogP contribution < -0.4 is 4.72 Å². The molecule has 27 heavy (non-hydrogen) atoms. The van der Waals surface area contributed by atoms with Gasteiger partial charge in [-0.1, -0.05) is 30.3 Å². The van der Waals surface area contributed by atoms with Crippen molar-refractivity contribution in [1.29, 1.82) is 0 Å². The maximum atomic E-state index is 12.6. The molecule has 2 aromatic rings. The molecule has 0 spiro atoms. The molecule has 0 aromatic heterocycles. The molecule has 2 aromatic carbocycles. The minimum absolute atomic E-state index is 0.00712. The van der Waals surface area contributed by atoms with Gasteiger partial charge in [0.05, 0.1) is 10.5 Å². The molecule has 1 aliphatic rings. The molecule has 6 nitrogen and oxygen atoms in total. The van der Waals surface area contributed by atoms with Gasteiger partial charge in [0.15, 0.2) is 0 Å². The number of carboxylic acid groups (broad SMARTS) is 1. The highest BCUT2D eigenvalue weighted by atomic mass is 32.2. The van der Waals surface area contributed by atoms with Gasteiger partial charge < -0.3 is 5.11 Å². The molecule has 1 saturated heterocycles. The Balaban J connectivity index is 1.76. The average molecular weight is 388 g/mol. The van der Waals surface area contributed by atoms with Gasteiger partial charge >= 0.3 is 5.97 Å². The van der Waals surface area contributed by atoms with Crippen molar-refractivity contribution in [3.63, 3.8) is 0 Å². The number of likely N-dealkylation sites (tertiary alicyclic amines) is 1. The smallest absolute Gasteiger partial charge is 0.335 e. The predicted molar refractivity (Wildman–Crippen MR) is 103 cm³/mol. The zero-order chi connectivity index (χ0) is 19.4. The molecule has 1 fully saturated rings. The van der Waals surface area contributed by atoms with Gasteiger partial charge in [-0.05, 0) is 61.7 Å². The van der Waals surface area contributed by atoms with E-state index in [1.54, 1.807) is 6.92 Å². The summed E-state index contributed by atoms with van der Waals surface area (Å²) in [7, 11) is -3.80. The molecule has 0 atom stereocenters. The highest BCUT2D eigenvalue weighted by Gasteiger charge is 2.19. The number of sulfonamides is 1. The number of aromatic carboxylic acids is 1. The van der Waals surface area contributed by atoms with E-state index in [1.165, 1.54) is 31.0 Å². The Labute approximate surface area is 159 Å². The molecule has 3 rings (SSSR count). The summed E-state index contributed by atoms with van der Waals surface area (Å²) in [5.74, 6) is -1.14. The van der Waals surface area contributed by atoms with Crippen molar-refractivity contribution in [3.8, 4) is 0 Å². The number of hydrogen-bond donors (Lipinski definition) is 2. The van der Waals surface area contributed by atoms with E-state index in [4.69, 9.17) is 0 Å².